The molecule has 0 radical (unpaired) electrons. The van der Waals surface area contributed by atoms with Crippen LogP contribution in [0, 0.1) is 0 Å². The third-order valence-electron chi connectivity index (χ3n) is 4.76. The topological polar surface area (TPSA) is 85.9 Å². The van der Waals surface area contributed by atoms with E-state index >= 15 is 0 Å². The summed E-state index contributed by atoms with van der Waals surface area (Å²) in [5, 5.41) is 5.73. The molecule has 2 amide bonds. The highest BCUT2D eigenvalue weighted by Gasteiger charge is 2.19. The average molecular weight is 412 g/mol. The SMILES string of the molecule is CCOCCOc1ccccc1C(=O)Nc1ccccc1C(=O)NC[C@@H]1CCCO1. The molecule has 1 atom stereocenters. The Hall–Kier alpha value is -2.90. The minimum absolute atomic E-state index is 0.0522. The van der Waals surface area contributed by atoms with Gasteiger partial charge in [-0.25, -0.2) is 0 Å². The first-order valence-electron chi connectivity index (χ1n) is 10.3. The van der Waals surface area contributed by atoms with Crippen LogP contribution in [0.2, 0.25) is 0 Å². The number of benzene rings is 2. The quantitative estimate of drug-likeness (QED) is 0.585. The number of para-hydroxylation sites is 2. The molecule has 0 bridgehead atoms. The number of carbonyl (C=O) groups is 2. The number of rotatable bonds is 10. The third-order valence-corrected chi connectivity index (χ3v) is 4.76. The highest BCUT2D eigenvalue weighted by molar-refractivity contribution is 6.10. The van der Waals surface area contributed by atoms with Crippen LogP contribution in [0.1, 0.15) is 40.5 Å². The predicted molar refractivity (Wildman–Crippen MR) is 114 cm³/mol. The second-order valence-corrected chi connectivity index (χ2v) is 6.89. The molecule has 7 heteroatoms. The molecule has 1 fully saturated rings. The van der Waals surface area contributed by atoms with Crippen molar-refractivity contribution in [3.05, 3.63) is 59.7 Å². The van der Waals surface area contributed by atoms with Crippen molar-refractivity contribution in [2.24, 2.45) is 0 Å². The van der Waals surface area contributed by atoms with Gasteiger partial charge >= 0.3 is 0 Å². The fourth-order valence-electron chi connectivity index (χ4n) is 3.22. The van der Waals surface area contributed by atoms with Gasteiger partial charge in [0.2, 0.25) is 0 Å². The summed E-state index contributed by atoms with van der Waals surface area (Å²) in [6, 6.07) is 13.9. The summed E-state index contributed by atoms with van der Waals surface area (Å²) >= 11 is 0. The monoisotopic (exact) mass is 412 g/mol. The lowest BCUT2D eigenvalue weighted by molar-refractivity contribution is 0.0858. The Morgan fingerprint density at radius 1 is 1.03 bits per heavy atom. The van der Waals surface area contributed by atoms with Crippen molar-refractivity contribution in [1.29, 1.82) is 0 Å². The van der Waals surface area contributed by atoms with Gasteiger partial charge in [0.1, 0.15) is 12.4 Å². The van der Waals surface area contributed by atoms with Crippen LogP contribution in [-0.4, -0.2) is 50.9 Å². The molecule has 1 heterocycles. The van der Waals surface area contributed by atoms with Crippen LogP contribution in [0.3, 0.4) is 0 Å². The molecule has 0 aromatic heterocycles. The molecule has 2 N–H and O–H groups in total. The van der Waals surface area contributed by atoms with Gasteiger partial charge in [-0.3, -0.25) is 9.59 Å². The van der Waals surface area contributed by atoms with Crippen molar-refractivity contribution in [2.75, 3.05) is 38.3 Å². The lowest BCUT2D eigenvalue weighted by Gasteiger charge is -2.15. The Balaban J connectivity index is 1.66. The second kappa shape index (κ2) is 11.3. The molecule has 0 spiro atoms. The van der Waals surface area contributed by atoms with Crippen LogP contribution in [0.25, 0.3) is 0 Å². The van der Waals surface area contributed by atoms with Crippen LogP contribution < -0.4 is 15.4 Å². The van der Waals surface area contributed by atoms with E-state index in [4.69, 9.17) is 14.2 Å². The van der Waals surface area contributed by atoms with Crippen LogP contribution >= 0.6 is 0 Å². The lowest BCUT2D eigenvalue weighted by atomic mass is 10.1. The number of hydrogen-bond acceptors (Lipinski definition) is 5. The molecule has 0 saturated carbocycles. The number of amides is 2. The standard InChI is InChI=1S/C23H28N2O5/c1-2-28-14-15-30-21-12-6-4-10-19(21)23(27)25-20-11-5-3-9-18(20)22(26)24-16-17-8-7-13-29-17/h3-6,9-12,17H,2,7-8,13-16H2,1H3,(H,24,26)(H,25,27)/t17-/m0/s1. The molecule has 2 aromatic carbocycles. The average Bonchev–Trinajstić information content (AvgIpc) is 3.29. The summed E-state index contributed by atoms with van der Waals surface area (Å²) in [5.74, 6) is -0.126. The van der Waals surface area contributed by atoms with Crippen LogP contribution in [0.15, 0.2) is 48.5 Å². The van der Waals surface area contributed by atoms with Crippen LogP contribution in [0.5, 0.6) is 5.75 Å². The minimum Gasteiger partial charge on any atom is -0.490 e. The van der Waals surface area contributed by atoms with E-state index in [-0.39, 0.29) is 17.9 Å². The summed E-state index contributed by atoms with van der Waals surface area (Å²) in [4.78, 5) is 25.5. The first-order valence-corrected chi connectivity index (χ1v) is 10.3. The maximum Gasteiger partial charge on any atom is 0.259 e. The molecular formula is C23H28N2O5. The third kappa shape index (κ3) is 6.05. The first kappa shape index (κ1) is 21.8. The van der Waals surface area contributed by atoms with E-state index < -0.39 is 0 Å². The molecule has 7 nitrogen and oxygen atoms in total. The summed E-state index contributed by atoms with van der Waals surface area (Å²) < 4.78 is 16.5. The van der Waals surface area contributed by atoms with Crippen molar-refractivity contribution in [2.45, 2.75) is 25.9 Å². The molecule has 30 heavy (non-hydrogen) atoms. The van der Waals surface area contributed by atoms with E-state index in [0.717, 1.165) is 19.4 Å². The van der Waals surface area contributed by atoms with Gasteiger partial charge < -0.3 is 24.8 Å². The van der Waals surface area contributed by atoms with E-state index in [1.54, 1.807) is 48.5 Å². The van der Waals surface area contributed by atoms with E-state index in [2.05, 4.69) is 10.6 Å². The van der Waals surface area contributed by atoms with Crippen LogP contribution in [0.4, 0.5) is 5.69 Å². The lowest BCUT2D eigenvalue weighted by Crippen LogP contribution is -2.32. The molecule has 2 aromatic rings. The van der Waals surface area contributed by atoms with Gasteiger partial charge in [0.15, 0.2) is 0 Å². The summed E-state index contributed by atoms with van der Waals surface area (Å²) in [6.45, 7) is 4.50. The highest BCUT2D eigenvalue weighted by Crippen LogP contribution is 2.22. The Bertz CT molecular complexity index is 849. The zero-order valence-electron chi connectivity index (χ0n) is 17.2. The van der Waals surface area contributed by atoms with Crippen molar-refractivity contribution in [1.82, 2.24) is 5.32 Å². The van der Waals surface area contributed by atoms with Gasteiger partial charge in [0.05, 0.1) is 29.5 Å². The number of anilines is 1. The smallest absolute Gasteiger partial charge is 0.259 e. The van der Waals surface area contributed by atoms with Gasteiger partial charge in [-0.1, -0.05) is 24.3 Å². The Morgan fingerprint density at radius 2 is 1.80 bits per heavy atom. The molecule has 1 aliphatic rings. The van der Waals surface area contributed by atoms with Gasteiger partial charge in [0, 0.05) is 19.8 Å². The molecule has 160 valence electrons. The number of hydrogen-bond donors (Lipinski definition) is 2. The number of carbonyl (C=O) groups excluding carboxylic acids is 2. The van der Waals surface area contributed by atoms with E-state index in [1.165, 1.54) is 0 Å². The molecule has 3 rings (SSSR count). The fourth-order valence-corrected chi connectivity index (χ4v) is 3.22. The van der Waals surface area contributed by atoms with Gasteiger partial charge in [-0.2, -0.15) is 0 Å². The Morgan fingerprint density at radius 3 is 2.57 bits per heavy atom. The molecule has 0 aliphatic carbocycles. The summed E-state index contributed by atoms with van der Waals surface area (Å²) in [5.41, 5.74) is 1.23. The van der Waals surface area contributed by atoms with E-state index in [9.17, 15) is 9.59 Å². The van der Waals surface area contributed by atoms with Gasteiger partial charge in [-0.15, -0.1) is 0 Å². The number of ether oxygens (including phenoxy) is 3. The fraction of sp³-hybridized carbons (Fsp3) is 0.391. The van der Waals surface area contributed by atoms with E-state index in [1.807, 2.05) is 6.92 Å². The molecular weight excluding hydrogens is 384 g/mol. The molecule has 1 aliphatic heterocycles. The van der Waals surface area contributed by atoms with Crippen molar-refractivity contribution in [3.63, 3.8) is 0 Å². The summed E-state index contributed by atoms with van der Waals surface area (Å²) in [7, 11) is 0. The maximum atomic E-state index is 12.9. The van der Waals surface area contributed by atoms with Crippen molar-refractivity contribution < 1.29 is 23.8 Å². The highest BCUT2D eigenvalue weighted by atomic mass is 16.5. The maximum absolute atomic E-state index is 12.9. The largest absolute Gasteiger partial charge is 0.490 e. The van der Waals surface area contributed by atoms with Gasteiger partial charge in [-0.05, 0) is 44.0 Å². The Kier molecular flexibility index (Phi) is 8.23. The van der Waals surface area contributed by atoms with Crippen molar-refractivity contribution >= 4 is 17.5 Å². The second-order valence-electron chi connectivity index (χ2n) is 6.89. The minimum atomic E-state index is -0.346. The Labute approximate surface area is 176 Å². The predicted octanol–water partition coefficient (Wildman–Crippen LogP) is 3.26. The summed E-state index contributed by atoms with van der Waals surface area (Å²) in [6.07, 6.45) is 2.01. The first-order chi connectivity index (χ1) is 14.7. The normalized spacial score (nSPS) is 15.6. The number of nitrogens with one attached hydrogen (secondary N) is 2. The van der Waals surface area contributed by atoms with Crippen molar-refractivity contribution in [3.8, 4) is 5.75 Å². The zero-order chi connectivity index (χ0) is 21.2. The zero-order valence-corrected chi connectivity index (χ0v) is 17.2. The van der Waals surface area contributed by atoms with Gasteiger partial charge in [0.25, 0.3) is 11.8 Å². The van der Waals surface area contributed by atoms with E-state index in [0.29, 0.717) is 48.9 Å². The molecule has 0 unspecified atom stereocenters. The van der Waals surface area contributed by atoms with Crippen LogP contribution in [-0.2, 0) is 9.47 Å². The molecule has 1 saturated heterocycles.